The zero-order valence-corrected chi connectivity index (χ0v) is 16.1. The molecule has 1 saturated heterocycles. The number of fused-ring (bicyclic) bond motifs is 1. The van der Waals surface area contributed by atoms with E-state index in [0.717, 1.165) is 12.8 Å². The maximum atomic E-state index is 12.9. The lowest BCUT2D eigenvalue weighted by molar-refractivity contribution is -0.118. The van der Waals surface area contributed by atoms with Gasteiger partial charge in [0.1, 0.15) is 5.75 Å². The standard InChI is InChI=1S/C18H20N4O5S/c1-10(16(24)11-4-5-14-13(7-11)19-15(23)9-27-14)28-18-21-20-17(25)22(18)8-12-3-2-6-26-12/h4-5,7,10,12H,2-3,6,8-9H2,1H3,(H,19,23)(H,20,25). The van der Waals surface area contributed by atoms with Crippen LogP contribution in [-0.2, 0) is 16.1 Å². The van der Waals surface area contributed by atoms with Gasteiger partial charge in [-0.3, -0.25) is 14.2 Å². The molecule has 3 heterocycles. The first kappa shape index (κ1) is 18.8. The van der Waals surface area contributed by atoms with Gasteiger partial charge in [0.05, 0.1) is 23.6 Å². The zero-order valence-electron chi connectivity index (χ0n) is 15.3. The molecule has 4 rings (SSSR count). The summed E-state index contributed by atoms with van der Waals surface area (Å²) in [4.78, 5) is 36.4. The molecule has 0 saturated carbocycles. The Hall–Kier alpha value is -2.59. The van der Waals surface area contributed by atoms with Crippen LogP contribution in [0.25, 0.3) is 0 Å². The van der Waals surface area contributed by atoms with Gasteiger partial charge in [0.15, 0.2) is 17.5 Å². The summed E-state index contributed by atoms with van der Waals surface area (Å²) in [6.07, 6.45) is 1.87. The van der Waals surface area contributed by atoms with E-state index in [1.165, 1.54) is 16.3 Å². The molecule has 2 aromatic rings. The third-order valence-corrected chi connectivity index (χ3v) is 5.77. The van der Waals surface area contributed by atoms with Crippen molar-refractivity contribution in [1.29, 1.82) is 0 Å². The molecule has 1 aromatic heterocycles. The molecule has 1 aromatic carbocycles. The number of nitrogens with one attached hydrogen (secondary N) is 2. The molecule has 10 heteroatoms. The molecule has 0 aliphatic carbocycles. The molecule has 28 heavy (non-hydrogen) atoms. The Morgan fingerprint density at radius 1 is 1.43 bits per heavy atom. The van der Waals surface area contributed by atoms with Crippen LogP contribution in [0, 0.1) is 0 Å². The van der Waals surface area contributed by atoms with Gasteiger partial charge in [-0.25, -0.2) is 9.89 Å². The second kappa shape index (κ2) is 7.80. The molecule has 148 valence electrons. The maximum absolute atomic E-state index is 12.9. The van der Waals surface area contributed by atoms with Crippen LogP contribution in [0.15, 0.2) is 28.2 Å². The number of rotatable bonds is 6. The van der Waals surface area contributed by atoms with Crippen molar-refractivity contribution in [3.8, 4) is 5.75 Å². The van der Waals surface area contributed by atoms with Crippen molar-refractivity contribution in [3.63, 3.8) is 0 Å². The highest BCUT2D eigenvalue weighted by atomic mass is 32.2. The predicted octanol–water partition coefficient (Wildman–Crippen LogP) is 1.44. The van der Waals surface area contributed by atoms with Crippen LogP contribution in [0.1, 0.15) is 30.1 Å². The molecule has 2 N–H and O–H groups in total. The van der Waals surface area contributed by atoms with E-state index in [1.807, 2.05) is 0 Å². The number of carbonyl (C=O) groups is 2. The molecule has 1 fully saturated rings. The zero-order chi connectivity index (χ0) is 19.7. The van der Waals surface area contributed by atoms with Crippen molar-refractivity contribution in [1.82, 2.24) is 14.8 Å². The lowest BCUT2D eigenvalue weighted by atomic mass is 10.1. The number of carbonyl (C=O) groups excluding carboxylic acids is 2. The van der Waals surface area contributed by atoms with Crippen molar-refractivity contribution >= 4 is 29.1 Å². The fraction of sp³-hybridized carbons (Fsp3) is 0.444. The second-order valence-electron chi connectivity index (χ2n) is 6.73. The first-order valence-corrected chi connectivity index (χ1v) is 9.93. The minimum atomic E-state index is -0.475. The van der Waals surface area contributed by atoms with Gasteiger partial charge in [-0.15, -0.1) is 5.10 Å². The van der Waals surface area contributed by atoms with Gasteiger partial charge >= 0.3 is 5.69 Å². The second-order valence-corrected chi connectivity index (χ2v) is 8.04. The van der Waals surface area contributed by atoms with E-state index in [1.54, 1.807) is 25.1 Å². The number of hydrogen-bond donors (Lipinski definition) is 2. The van der Waals surface area contributed by atoms with Crippen LogP contribution in [0.2, 0.25) is 0 Å². The van der Waals surface area contributed by atoms with E-state index in [9.17, 15) is 14.4 Å². The summed E-state index contributed by atoms with van der Waals surface area (Å²) in [5.41, 5.74) is 0.619. The molecule has 2 unspecified atom stereocenters. The van der Waals surface area contributed by atoms with Gasteiger partial charge in [0.2, 0.25) is 0 Å². The summed E-state index contributed by atoms with van der Waals surface area (Å²) in [7, 11) is 0. The minimum Gasteiger partial charge on any atom is -0.482 e. The van der Waals surface area contributed by atoms with Crippen molar-refractivity contribution in [3.05, 3.63) is 34.2 Å². The first-order valence-electron chi connectivity index (χ1n) is 9.05. The Morgan fingerprint density at radius 3 is 3.07 bits per heavy atom. The number of ketones is 1. The van der Waals surface area contributed by atoms with Crippen molar-refractivity contribution in [2.45, 2.75) is 42.8 Å². The quantitative estimate of drug-likeness (QED) is 0.553. The van der Waals surface area contributed by atoms with Crippen LogP contribution in [0.3, 0.4) is 0 Å². The highest BCUT2D eigenvalue weighted by molar-refractivity contribution is 8.00. The molecule has 1 amide bonds. The topological polar surface area (TPSA) is 115 Å². The van der Waals surface area contributed by atoms with Gasteiger partial charge in [-0.1, -0.05) is 11.8 Å². The predicted molar refractivity (Wildman–Crippen MR) is 102 cm³/mol. The van der Waals surface area contributed by atoms with E-state index >= 15 is 0 Å². The summed E-state index contributed by atoms with van der Waals surface area (Å²) in [5, 5.41) is 9.18. The number of ether oxygens (including phenoxy) is 2. The van der Waals surface area contributed by atoms with Crippen molar-refractivity contribution in [2.75, 3.05) is 18.5 Å². The molecule has 2 aliphatic rings. The molecule has 2 atom stereocenters. The largest absolute Gasteiger partial charge is 0.482 e. The van der Waals surface area contributed by atoms with Gasteiger partial charge in [0, 0.05) is 12.2 Å². The number of amides is 1. The fourth-order valence-electron chi connectivity index (χ4n) is 3.23. The Morgan fingerprint density at radius 2 is 2.29 bits per heavy atom. The van der Waals surface area contributed by atoms with Crippen LogP contribution in [-0.4, -0.2) is 51.0 Å². The average Bonchev–Trinajstić information content (AvgIpc) is 3.32. The Balaban J connectivity index is 1.49. The summed E-state index contributed by atoms with van der Waals surface area (Å²) in [6, 6.07) is 4.94. The van der Waals surface area contributed by atoms with Gasteiger partial charge in [-0.2, -0.15) is 0 Å². The summed E-state index contributed by atoms with van der Waals surface area (Å²) < 4.78 is 12.4. The average molecular weight is 404 g/mol. The van der Waals surface area contributed by atoms with Gasteiger partial charge < -0.3 is 14.8 Å². The van der Waals surface area contributed by atoms with Crippen LogP contribution < -0.4 is 15.7 Å². The molecular weight excluding hydrogens is 384 g/mol. The van der Waals surface area contributed by atoms with Crippen molar-refractivity contribution in [2.24, 2.45) is 0 Å². The Labute approximate surface area is 164 Å². The lowest BCUT2D eigenvalue weighted by Crippen LogP contribution is -2.26. The van der Waals surface area contributed by atoms with E-state index in [4.69, 9.17) is 9.47 Å². The first-order chi connectivity index (χ1) is 13.5. The number of Topliss-reactive ketones (excluding diaryl/α,β-unsaturated/α-hetero) is 1. The highest BCUT2D eigenvalue weighted by Gasteiger charge is 2.25. The number of H-pyrrole nitrogens is 1. The van der Waals surface area contributed by atoms with Crippen LogP contribution in [0.5, 0.6) is 5.75 Å². The normalized spacial score (nSPS) is 19.6. The van der Waals surface area contributed by atoms with Crippen LogP contribution >= 0.6 is 11.8 Å². The van der Waals surface area contributed by atoms with E-state index in [2.05, 4.69) is 15.5 Å². The molecule has 0 bridgehead atoms. The summed E-state index contributed by atoms with van der Waals surface area (Å²) >= 11 is 1.21. The van der Waals surface area contributed by atoms with Gasteiger partial charge in [-0.05, 0) is 38.0 Å². The molecule has 9 nitrogen and oxygen atoms in total. The number of benzene rings is 1. The van der Waals surface area contributed by atoms with Crippen molar-refractivity contribution < 1.29 is 19.1 Å². The van der Waals surface area contributed by atoms with Crippen LogP contribution in [0.4, 0.5) is 5.69 Å². The number of hydrogen-bond acceptors (Lipinski definition) is 7. The molecule has 0 spiro atoms. The number of anilines is 1. The third-order valence-electron chi connectivity index (χ3n) is 4.68. The highest BCUT2D eigenvalue weighted by Crippen LogP contribution is 2.31. The van der Waals surface area contributed by atoms with E-state index in [-0.39, 0.29) is 30.1 Å². The smallest absolute Gasteiger partial charge is 0.344 e. The lowest BCUT2D eigenvalue weighted by Gasteiger charge is -2.19. The fourth-order valence-corrected chi connectivity index (χ4v) is 4.17. The maximum Gasteiger partial charge on any atom is 0.344 e. The summed E-state index contributed by atoms with van der Waals surface area (Å²) in [6.45, 7) is 2.85. The molecule has 0 radical (unpaired) electrons. The molecule has 2 aliphatic heterocycles. The summed E-state index contributed by atoms with van der Waals surface area (Å²) in [5.74, 6) is 0.148. The van der Waals surface area contributed by atoms with Gasteiger partial charge in [0.25, 0.3) is 5.91 Å². The number of aromatic nitrogens is 3. The number of nitrogens with zero attached hydrogens (tertiary/aromatic N) is 2. The Kier molecular flexibility index (Phi) is 5.23. The van der Waals surface area contributed by atoms with E-state index in [0.29, 0.717) is 35.3 Å². The third kappa shape index (κ3) is 3.83. The minimum absolute atomic E-state index is 0.00934. The number of aromatic amines is 1. The molecular formula is C18H20N4O5S. The Bertz CT molecular complexity index is 963. The monoisotopic (exact) mass is 404 g/mol. The van der Waals surface area contributed by atoms with E-state index < -0.39 is 5.25 Å². The SMILES string of the molecule is CC(Sc1n[nH]c(=O)n1CC1CCCO1)C(=O)c1ccc2c(c1)NC(=O)CO2. The number of thioether (sulfide) groups is 1.